The molecule has 1 atom stereocenters. The molecule has 6 heteroatoms. The molecule has 0 bridgehead atoms. The summed E-state index contributed by atoms with van der Waals surface area (Å²) in [5.41, 5.74) is 2.04. The van der Waals surface area contributed by atoms with Crippen molar-refractivity contribution in [2.24, 2.45) is 0 Å². The van der Waals surface area contributed by atoms with Crippen molar-refractivity contribution in [1.82, 2.24) is 4.98 Å². The highest BCUT2D eigenvalue weighted by molar-refractivity contribution is 6.30. The van der Waals surface area contributed by atoms with Crippen LogP contribution in [0.4, 0.5) is 5.82 Å². The molecule has 0 saturated heterocycles. The molecule has 2 heterocycles. The number of hydrogen-bond acceptors (Lipinski definition) is 4. The van der Waals surface area contributed by atoms with E-state index in [0.29, 0.717) is 21.9 Å². The van der Waals surface area contributed by atoms with E-state index in [2.05, 4.69) is 15.3 Å². The smallest absolute Gasteiger partial charge is 0.315 e. The first kappa shape index (κ1) is 17.1. The van der Waals surface area contributed by atoms with Crippen LogP contribution in [0, 0.1) is 0 Å². The summed E-state index contributed by atoms with van der Waals surface area (Å²) >= 11 is 6.03. The fourth-order valence-electron chi connectivity index (χ4n) is 3.06. The predicted octanol–water partition coefficient (Wildman–Crippen LogP) is 4.32. The lowest BCUT2D eigenvalue weighted by molar-refractivity contribution is -0.362. The molecule has 0 saturated carbocycles. The number of nitrogens with one attached hydrogen (secondary N) is 2. The third-order valence-electron chi connectivity index (χ3n) is 4.42. The van der Waals surface area contributed by atoms with Gasteiger partial charge in [0.15, 0.2) is 0 Å². The summed E-state index contributed by atoms with van der Waals surface area (Å²) in [6, 6.07) is 17.7. The zero-order valence-electron chi connectivity index (χ0n) is 14.2. The Morgan fingerprint density at radius 2 is 1.78 bits per heavy atom. The number of pyridine rings is 2. The Hall–Kier alpha value is -3.31. The van der Waals surface area contributed by atoms with E-state index in [1.54, 1.807) is 36.7 Å². The summed E-state index contributed by atoms with van der Waals surface area (Å²) in [7, 11) is 0. The molecule has 0 aliphatic heterocycles. The maximum atomic E-state index is 10.9. The summed E-state index contributed by atoms with van der Waals surface area (Å²) in [4.78, 5) is 7.29. The normalized spacial score (nSPS) is 12.0. The van der Waals surface area contributed by atoms with Gasteiger partial charge in [0.25, 0.3) is 0 Å². The van der Waals surface area contributed by atoms with E-state index in [4.69, 9.17) is 11.6 Å². The van der Waals surface area contributed by atoms with Crippen LogP contribution < -0.4 is 10.3 Å². The van der Waals surface area contributed by atoms with Gasteiger partial charge in [-0.25, -0.2) is 4.98 Å². The first-order chi connectivity index (χ1) is 13.1. The van der Waals surface area contributed by atoms with Gasteiger partial charge >= 0.3 is 5.82 Å². The average Bonchev–Trinajstić information content (AvgIpc) is 2.69. The highest BCUT2D eigenvalue weighted by Gasteiger charge is 2.25. The van der Waals surface area contributed by atoms with Crippen LogP contribution in [0.25, 0.3) is 10.9 Å². The van der Waals surface area contributed by atoms with E-state index < -0.39 is 6.04 Å². The van der Waals surface area contributed by atoms with E-state index in [1.807, 2.05) is 36.4 Å². The van der Waals surface area contributed by atoms with E-state index >= 15 is 0 Å². The van der Waals surface area contributed by atoms with Crippen molar-refractivity contribution in [2.45, 2.75) is 6.04 Å². The lowest BCUT2D eigenvalue weighted by atomic mass is 9.96. The second kappa shape index (κ2) is 7.13. The third kappa shape index (κ3) is 3.37. The van der Waals surface area contributed by atoms with E-state index in [0.717, 1.165) is 10.9 Å². The Bertz CT molecular complexity index is 1100. The van der Waals surface area contributed by atoms with Crippen LogP contribution >= 0.6 is 11.6 Å². The number of benzene rings is 2. The fourth-order valence-corrected chi connectivity index (χ4v) is 3.19. The highest BCUT2D eigenvalue weighted by Crippen LogP contribution is 2.37. The minimum Gasteiger partial charge on any atom is -0.505 e. The molecule has 0 aliphatic carbocycles. The minimum absolute atomic E-state index is 0.0786. The predicted molar refractivity (Wildman–Crippen MR) is 105 cm³/mol. The zero-order chi connectivity index (χ0) is 18.8. The van der Waals surface area contributed by atoms with Gasteiger partial charge < -0.3 is 10.2 Å². The Balaban J connectivity index is 1.86. The average molecular weight is 379 g/mol. The molecular weight excluding hydrogens is 362 g/mol. The number of rotatable bonds is 4. The number of aromatic amines is 1. The van der Waals surface area contributed by atoms with Crippen LogP contribution in [0.1, 0.15) is 17.2 Å². The van der Waals surface area contributed by atoms with Gasteiger partial charge in [-0.15, -0.1) is 0 Å². The molecule has 5 nitrogen and oxygen atoms in total. The molecule has 2 aromatic carbocycles. The van der Waals surface area contributed by atoms with Crippen molar-refractivity contribution in [3.8, 4) is 11.5 Å². The van der Waals surface area contributed by atoms with Crippen molar-refractivity contribution >= 4 is 28.3 Å². The number of H-pyrrole nitrogens is 1. The molecule has 4 rings (SSSR count). The number of anilines is 1. The van der Waals surface area contributed by atoms with Gasteiger partial charge in [-0.1, -0.05) is 35.9 Å². The number of aromatic hydroxyl groups is 2. The number of halogens is 1. The lowest BCUT2D eigenvalue weighted by Gasteiger charge is -2.18. The molecule has 0 radical (unpaired) electrons. The zero-order valence-corrected chi connectivity index (χ0v) is 15.0. The standard InChI is InChI=1S/C21H16ClN3O2/c22-15-8-5-14(6-9-15)18(25-21-17(26)4-2-12-24-21)16-10-7-13-3-1-11-23-19(13)20(16)27/h1-12,18,26-27H,(H,24,25)/p+1/t18-/m1/s1. The summed E-state index contributed by atoms with van der Waals surface area (Å²) in [6.45, 7) is 0. The van der Waals surface area contributed by atoms with Crippen LogP contribution in [0.5, 0.6) is 11.5 Å². The molecular formula is C21H17ClN3O2+. The number of aromatic nitrogens is 2. The first-order valence-electron chi connectivity index (χ1n) is 8.42. The summed E-state index contributed by atoms with van der Waals surface area (Å²) in [5.74, 6) is 0.615. The van der Waals surface area contributed by atoms with Crippen LogP contribution in [-0.4, -0.2) is 15.2 Å². The molecule has 4 N–H and O–H groups in total. The number of fused-ring (bicyclic) bond motifs is 1. The maximum Gasteiger partial charge on any atom is 0.315 e. The van der Waals surface area contributed by atoms with E-state index in [-0.39, 0.29) is 11.5 Å². The topological polar surface area (TPSA) is 79.5 Å². The fraction of sp³-hybridized carbons (Fsp3) is 0.0476. The minimum atomic E-state index is -0.432. The quantitative estimate of drug-likeness (QED) is 0.494. The second-order valence-corrected chi connectivity index (χ2v) is 6.57. The van der Waals surface area contributed by atoms with Crippen molar-refractivity contribution in [3.63, 3.8) is 0 Å². The van der Waals surface area contributed by atoms with Crippen LogP contribution in [-0.2, 0) is 0 Å². The van der Waals surface area contributed by atoms with Crippen LogP contribution in [0.2, 0.25) is 5.02 Å². The Morgan fingerprint density at radius 1 is 0.963 bits per heavy atom. The Morgan fingerprint density at radius 3 is 2.56 bits per heavy atom. The molecule has 0 aliphatic rings. The molecule has 0 amide bonds. The second-order valence-electron chi connectivity index (χ2n) is 6.14. The summed E-state index contributed by atoms with van der Waals surface area (Å²) < 4.78 is 0. The number of nitrogens with zero attached hydrogens (tertiary/aromatic N) is 1. The first-order valence-corrected chi connectivity index (χ1v) is 8.79. The Labute approximate surface area is 160 Å². The third-order valence-corrected chi connectivity index (χ3v) is 4.67. The van der Waals surface area contributed by atoms with Crippen molar-refractivity contribution in [1.29, 1.82) is 0 Å². The van der Waals surface area contributed by atoms with E-state index in [9.17, 15) is 10.2 Å². The van der Waals surface area contributed by atoms with Crippen molar-refractivity contribution < 1.29 is 15.2 Å². The molecule has 0 spiro atoms. The van der Waals surface area contributed by atoms with Gasteiger partial charge in [-0.2, -0.15) is 0 Å². The monoisotopic (exact) mass is 378 g/mol. The van der Waals surface area contributed by atoms with Gasteiger partial charge in [0.2, 0.25) is 5.75 Å². The van der Waals surface area contributed by atoms with Gasteiger partial charge in [0.05, 0.1) is 6.20 Å². The van der Waals surface area contributed by atoms with Crippen LogP contribution in [0.3, 0.4) is 0 Å². The molecule has 4 aromatic rings. The maximum absolute atomic E-state index is 10.9. The van der Waals surface area contributed by atoms with Gasteiger partial charge in [0, 0.05) is 27.7 Å². The molecule has 0 unspecified atom stereocenters. The number of phenols is 1. The Kier molecular flexibility index (Phi) is 4.52. The SMILES string of the molecule is Oc1ccc[nH+]c1N[C@H](c1ccc(Cl)cc1)c1ccc2cccnc2c1O. The molecule has 2 aromatic heterocycles. The van der Waals surface area contributed by atoms with Gasteiger partial charge in [-0.05, 0) is 36.4 Å². The molecule has 134 valence electrons. The largest absolute Gasteiger partial charge is 0.505 e. The number of hydrogen-bond donors (Lipinski definition) is 3. The van der Waals surface area contributed by atoms with Crippen molar-refractivity contribution in [2.75, 3.05) is 5.32 Å². The lowest BCUT2D eigenvalue weighted by Crippen LogP contribution is -2.19. The summed E-state index contributed by atoms with van der Waals surface area (Å²) in [5, 5.41) is 25.8. The highest BCUT2D eigenvalue weighted by atomic mass is 35.5. The van der Waals surface area contributed by atoms with Gasteiger partial charge in [-0.3, -0.25) is 10.3 Å². The molecule has 27 heavy (non-hydrogen) atoms. The number of phenolic OH excluding ortho intramolecular Hbond substituents is 1. The summed E-state index contributed by atoms with van der Waals surface area (Å²) in [6.07, 6.45) is 3.36. The van der Waals surface area contributed by atoms with E-state index in [1.165, 1.54) is 0 Å². The molecule has 0 fully saturated rings. The van der Waals surface area contributed by atoms with Crippen LogP contribution in [0.15, 0.2) is 73.1 Å². The van der Waals surface area contributed by atoms with Gasteiger partial charge in [0.1, 0.15) is 17.3 Å². The van der Waals surface area contributed by atoms with Crippen molar-refractivity contribution in [3.05, 3.63) is 89.2 Å².